The van der Waals surface area contributed by atoms with Gasteiger partial charge in [-0.2, -0.15) is 0 Å². The Bertz CT molecular complexity index is 845. The predicted molar refractivity (Wildman–Crippen MR) is 92.2 cm³/mol. The lowest BCUT2D eigenvalue weighted by Crippen LogP contribution is -2.07. The van der Waals surface area contributed by atoms with Crippen molar-refractivity contribution in [1.82, 2.24) is 0 Å². The van der Waals surface area contributed by atoms with Crippen LogP contribution < -0.4 is 4.74 Å². The van der Waals surface area contributed by atoms with E-state index < -0.39 is 0 Å². The van der Waals surface area contributed by atoms with Gasteiger partial charge in [-0.15, -0.1) is 0 Å². The van der Waals surface area contributed by atoms with Crippen molar-refractivity contribution in [2.45, 2.75) is 25.9 Å². The third kappa shape index (κ3) is 2.98. The van der Waals surface area contributed by atoms with Gasteiger partial charge in [0, 0.05) is 18.4 Å². The van der Waals surface area contributed by atoms with Crippen molar-refractivity contribution in [3.8, 4) is 17.1 Å². The topological polar surface area (TPSA) is 39.4 Å². The molecule has 1 aliphatic carbocycles. The van der Waals surface area contributed by atoms with Crippen molar-refractivity contribution in [1.29, 1.82) is 0 Å². The first-order chi connectivity index (χ1) is 11.8. The van der Waals surface area contributed by atoms with Crippen LogP contribution >= 0.6 is 0 Å². The number of ketones is 1. The molecule has 3 heteroatoms. The number of fused-ring (bicyclic) bond motifs is 1. The third-order valence-electron chi connectivity index (χ3n) is 4.30. The Kier molecular flexibility index (Phi) is 3.91. The summed E-state index contributed by atoms with van der Waals surface area (Å²) in [5, 5.41) is 0. The second-order valence-corrected chi connectivity index (χ2v) is 6.02. The molecule has 24 heavy (non-hydrogen) atoms. The molecule has 0 aliphatic heterocycles. The molecule has 0 fully saturated rings. The molecule has 0 saturated heterocycles. The number of carbonyl (C=O) groups is 1. The van der Waals surface area contributed by atoms with E-state index in [1.807, 2.05) is 60.7 Å². The molecule has 0 N–H and O–H groups in total. The van der Waals surface area contributed by atoms with Crippen LogP contribution in [0.25, 0.3) is 11.3 Å². The van der Waals surface area contributed by atoms with Crippen LogP contribution in [0.2, 0.25) is 0 Å². The summed E-state index contributed by atoms with van der Waals surface area (Å²) in [6, 6.07) is 19.7. The molecule has 0 atom stereocenters. The summed E-state index contributed by atoms with van der Waals surface area (Å²) < 4.78 is 11.7. The van der Waals surface area contributed by atoms with E-state index in [1.54, 1.807) is 0 Å². The van der Waals surface area contributed by atoms with E-state index in [1.165, 1.54) is 0 Å². The molecule has 0 bridgehead atoms. The molecule has 0 unspecified atom stereocenters. The van der Waals surface area contributed by atoms with E-state index in [2.05, 4.69) is 0 Å². The lowest BCUT2D eigenvalue weighted by atomic mass is 9.97. The standard InChI is InChI=1S/C21H18O3/c22-19-7-4-8-20-18(19)13-21(24-20)16-9-11-17(12-10-16)23-14-15-5-2-1-3-6-15/h1-3,5-6,9-13H,4,7-8,14H2. The SMILES string of the molecule is O=C1CCCc2oc(-c3ccc(OCc4ccccc4)cc3)cc21. The average molecular weight is 318 g/mol. The molecule has 0 spiro atoms. The van der Waals surface area contributed by atoms with Crippen LogP contribution in [0, 0.1) is 0 Å². The highest BCUT2D eigenvalue weighted by atomic mass is 16.5. The van der Waals surface area contributed by atoms with E-state index >= 15 is 0 Å². The van der Waals surface area contributed by atoms with Gasteiger partial charge in [-0.05, 0) is 42.3 Å². The quantitative estimate of drug-likeness (QED) is 0.676. The highest BCUT2D eigenvalue weighted by Crippen LogP contribution is 2.31. The van der Waals surface area contributed by atoms with Crippen LogP contribution in [0.3, 0.4) is 0 Å². The maximum absolute atomic E-state index is 11.9. The van der Waals surface area contributed by atoms with Gasteiger partial charge in [0.25, 0.3) is 0 Å². The molecule has 4 rings (SSSR count). The number of hydrogen-bond donors (Lipinski definition) is 0. The van der Waals surface area contributed by atoms with Gasteiger partial charge in [0.05, 0.1) is 5.56 Å². The number of hydrogen-bond acceptors (Lipinski definition) is 3. The Hall–Kier alpha value is -2.81. The number of carbonyl (C=O) groups excluding carboxylic acids is 1. The number of furan rings is 1. The van der Waals surface area contributed by atoms with Crippen molar-refractivity contribution in [2.75, 3.05) is 0 Å². The van der Waals surface area contributed by atoms with E-state index in [-0.39, 0.29) is 5.78 Å². The monoisotopic (exact) mass is 318 g/mol. The molecule has 1 aromatic heterocycles. The minimum absolute atomic E-state index is 0.189. The Morgan fingerprint density at radius 3 is 2.50 bits per heavy atom. The number of benzene rings is 2. The minimum Gasteiger partial charge on any atom is -0.489 e. The van der Waals surface area contributed by atoms with Gasteiger partial charge in [0.15, 0.2) is 5.78 Å². The maximum atomic E-state index is 11.9. The third-order valence-corrected chi connectivity index (χ3v) is 4.30. The summed E-state index contributed by atoms with van der Waals surface area (Å²) >= 11 is 0. The molecule has 0 amide bonds. The van der Waals surface area contributed by atoms with Crippen LogP contribution in [0.1, 0.15) is 34.5 Å². The fourth-order valence-corrected chi connectivity index (χ4v) is 2.99. The fraction of sp³-hybridized carbons (Fsp3) is 0.190. The molecule has 0 saturated carbocycles. The lowest BCUT2D eigenvalue weighted by Gasteiger charge is -2.07. The molecule has 3 nitrogen and oxygen atoms in total. The second kappa shape index (κ2) is 6.36. The molecule has 0 radical (unpaired) electrons. The van der Waals surface area contributed by atoms with Gasteiger partial charge in [-0.1, -0.05) is 30.3 Å². The Morgan fingerprint density at radius 2 is 1.75 bits per heavy atom. The Labute approximate surface area is 140 Å². The van der Waals surface area contributed by atoms with Crippen LogP contribution in [-0.4, -0.2) is 5.78 Å². The zero-order chi connectivity index (χ0) is 16.4. The first-order valence-corrected chi connectivity index (χ1v) is 8.23. The van der Waals surface area contributed by atoms with Crippen LogP contribution in [0.5, 0.6) is 5.75 Å². The summed E-state index contributed by atoms with van der Waals surface area (Å²) in [5.41, 5.74) is 2.85. The first kappa shape index (κ1) is 14.8. The smallest absolute Gasteiger partial charge is 0.166 e. The molecule has 120 valence electrons. The Morgan fingerprint density at radius 1 is 0.958 bits per heavy atom. The predicted octanol–water partition coefficient (Wildman–Crippen LogP) is 5.04. The Balaban J connectivity index is 1.49. The van der Waals surface area contributed by atoms with Crippen molar-refractivity contribution in [3.05, 3.63) is 77.6 Å². The highest BCUT2D eigenvalue weighted by molar-refractivity contribution is 5.98. The number of aryl methyl sites for hydroxylation is 1. The lowest BCUT2D eigenvalue weighted by molar-refractivity contribution is 0.0969. The molecular formula is C21H18O3. The average Bonchev–Trinajstić information content (AvgIpc) is 3.07. The molecule has 2 aromatic carbocycles. The summed E-state index contributed by atoms with van der Waals surface area (Å²) in [6.07, 6.45) is 2.35. The van der Waals surface area contributed by atoms with Crippen LogP contribution in [0.4, 0.5) is 0 Å². The maximum Gasteiger partial charge on any atom is 0.166 e. The summed E-state index contributed by atoms with van der Waals surface area (Å²) in [4.78, 5) is 11.9. The largest absolute Gasteiger partial charge is 0.489 e. The number of Topliss-reactive ketones (excluding diaryl/α,β-unsaturated/α-hetero) is 1. The first-order valence-electron chi connectivity index (χ1n) is 8.23. The molecular weight excluding hydrogens is 300 g/mol. The van der Waals surface area contributed by atoms with E-state index in [0.29, 0.717) is 13.0 Å². The van der Waals surface area contributed by atoms with E-state index in [0.717, 1.165) is 46.8 Å². The molecule has 3 aromatic rings. The van der Waals surface area contributed by atoms with Crippen LogP contribution in [-0.2, 0) is 13.0 Å². The zero-order valence-electron chi connectivity index (χ0n) is 13.3. The van der Waals surface area contributed by atoms with Gasteiger partial charge in [-0.3, -0.25) is 4.79 Å². The molecule has 1 aliphatic rings. The van der Waals surface area contributed by atoms with E-state index in [9.17, 15) is 4.79 Å². The highest BCUT2D eigenvalue weighted by Gasteiger charge is 2.22. The van der Waals surface area contributed by atoms with Gasteiger partial charge < -0.3 is 9.15 Å². The molecule has 1 heterocycles. The van der Waals surface area contributed by atoms with E-state index in [4.69, 9.17) is 9.15 Å². The minimum atomic E-state index is 0.189. The number of rotatable bonds is 4. The number of ether oxygens (including phenoxy) is 1. The van der Waals surface area contributed by atoms with Gasteiger partial charge in [-0.25, -0.2) is 0 Å². The second-order valence-electron chi connectivity index (χ2n) is 6.02. The van der Waals surface area contributed by atoms with Crippen molar-refractivity contribution in [3.63, 3.8) is 0 Å². The van der Waals surface area contributed by atoms with Crippen molar-refractivity contribution >= 4 is 5.78 Å². The van der Waals surface area contributed by atoms with Gasteiger partial charge >= 0.3 is 0 Å². The normalized spacial score (nSPS) is 13.6. The fourth-order valence-electron chi connectivity index (χ4n) is 2.99. The summed E-state index contributed by atoms with van der Waals surface area (Å²) in [7, 11) is 0. The van der Waals surface area contributed by atoms with Gasteiger partial charge in [0.1, 0.15) is 23.9 Å². The van der Waals surface area contributed by atoms with Gasteiger partial charge in [0.2, 0.25) is 0 Å². The van der Waals surface area contributed by atoms with Crippen molar-refractivity contribution < 1.29 is 13.9 Å². The van der Waals surface area contributed by atoms with Crippen molar-refractivity contribution in [2.24, 2.45) is 0 Å². The summed E-state index contributed by atoms with van der Waals surface area (Å²) in [5.74, 6) is 2.58. The summed E-state index contributed by atoms with van der Waals surface area (Å²) in [6.45, 7) is 0.545. The van der Waals surface area contributed by atoms with Crippen LogP contribution in [0.15, 0.2) is 65.1 Å². The zero-order valence-corrected chi connectivity index (χ0v) is 13.3.